The molecule has 0 spiro atoms. The SMILES string of the molecule is O=C(O)c1cccc(CC(=O)N2CCC(C(F)(F)F)(C(F)(F)F)C2)c1. The summed E-state index contributed by atoms with van der Waals surface area (Å²) in [5.74, 6) is -2.18. The first-order valence-electron chi connectivity index (χ1n) is 7.11. The second-order valence-electron chi connectivity index (χ2n) is 5.83. The average Bonchev–Trinajstić information content (AvgIpc) is 2.93. The van der Waals surface area contributed by atoms with Crippen LogP contribution in [0.25, 0.3) is 0 Å². The number of carboxylic acid groups (broad SMARTS) is 1. The van der Waals surface area contributed by atoms with Crippen molar-refractivity contribution in [1.82, 2.24) is 4.90 Å². The summed E-state index contributed by atoms with van der Waals surface area (Å²) in [6.45, 7) is -2.16. The number of hydrogen-bond acceptors (Lipinski definition) is 2. The summed E-state index contributed by atoms with van der Waals surface area (Å²) >= 11 is 0. The molecule has 2 rings (SSSR count). The molecule has 1 amide bonds. The van der Waals surface area contributed by atoms with E-state index in [1.807, 2.05) is 0 Å². The van der Waals surface area contributed by atoms with Crippen LogP contribution in [0.1, 0.15) is 22.3 Å². The van der Waals surface area contributed by atoms with Crippen LogP contribution in [0.15, 0.2) is 24.3 Å². The number of alkyl halides is 6. The third kappa shape index (κ3) is 3.57. The van der Waals surface area contributed by atoms with Crippen molar-refractivity contribution in [2.75, 3.05) is 13.1 Å². The third-order valence-corrected chi connectivity index (χ3v) is 4.24. The number of likely N-dealkylation sites (tertiary alicyclic amines) is 1. The highest BCUT2D eigenvalue weighted by atomic mass is 19.4. The summed E-state index contributed by atoms with van der Waals surface area (Å²) in [5.41, 5.74) is -3.87. The van der Waals surface area contributed by atoms with Crippen molar-refractivity contribution in [3.63, 3.8) is 0 Å². The minimum absolute atomic E-state index is 0.133. The Morgan fingerprint density at radius 2 is 1.72 bits per heavy atom. The van der Waals surface area contributed by atoms with Crippen LogP contribution in [-0.2, 0) is 11.2 Å². The number of aromatic carboxylic acids is 1. The number of benzene rings is 1. The Labute approximate surface area is 138 Å². The summed E-state index contributed by atoms with van der Waals surface area (Å²) in [5, 5.41) is 8.86. The molecule has 138 valence electrons. The van der Waals surface area contributed by atoms with Crippen LogP contribution in [0.4, 0.5) is 26.3 Å². The van der Waals surface area contributed by atoms with E-state index in [9.17, 15) is 35.9 Å². The van der Waals surface area contributed by atoms with E-state index in [-0.39, 0.29) is 11.1 Å². The molecule has 10 heteroatoms. The zero-order valence-corrected chi connectivity index (χ0v) is 12.6. The highest BCUT2D eigenvalue weighted by molar-refractivity contribution is 5.88. The molecule has 1 saturated heterocycles. The van der Waals surface area contributed by atoms with Crippen LogP contribution in [0.2, 0.25) is 0 Å². The van der Waals surface area contributed by atoms with Gasteiger partial charge in [-0.05, 0) is 24.1 Å². The predicted octanol–water partition coefficient (Wildman–Crippen LogP) is 3.27. The smallest absolute Gasteiger partial charge is 0.404 e. The van der Waals surface area contributed by atoms with Gasteiger partial charge in [-0.15, -0.1) is 0 Å². The van der Waals surface area contributed by atoms with Gasteiger partial charge in [0, 0.05) is 13.1 Å². The molecule has 1 heterocycles. The van der Waals surface area contributed by atoms with E-state index in [4.69, 9.17) is 5.11 Å². The molecule has 0 aliphatic carbocycles. The Kier molecular flexibility index (Phi) is 4.75. The van der Waals surface area contributed by atoms with E-state index < -0.39 is 55.6 Å². The lowest BCUT2D eigenvalue weighted by Gasteiger charge is -2.33. The van der Waals surface area contributed by atoms with Crippen LogP contribution in [0.5, 0.6) is 0 Å². The number of amides is 1. The maximum atomic E-state index is 13.0. The van der Waals surface area contributed by atoms with Gasteiger partial charge in [-0.25, -0.2) is 4.79 Å². The Bertz CT molecular complexity index is 669. The van der Waals surface area contributed by atoms with E-state index in [2.05, 4.69) is 0 Å². The summed E-state index contributed by atoms with van der Waals surface area (Å²) < 4.78 is 78.0. The second-order valence-corrected chi connectivity index (χ2v) is 5.83. The van der Waals surface area contributed by atoms with Crippen molar-refractivity contribution >= 4 is 11.9 Å². The summed E-state index contributed by atoms with van der Waals surface area (Å²) in [7, 11) is 0. The molecule has 4 nitrogen and oxygen atoms in total. The first kappa shape index (κ1) is 19.1. The molecule has 0 atom stereocenters. The van der Waals surface area contributed by atoms with Gasteiger partial charge >= 0.3 is 18.3 Å². The van der Waals surface area contributed by atoms with Crippen molar-refractivity contribution in [1.29, 1.82) is 0 Å². The van der Waals surface area contributed by atoms with Crippen molar-refractivity contribution < 1.29 is 41.0 Å². The molecule has 25 heavy (non-hydrogen) atoms. The van der Waals surface area contributed by atoms with E-state index in [1.54, 1.807) is 0 Å². The average molecular weight is 369 g/mol. The monoisotopic (exact) mass is 369 g/mol. The van der Waals surface area contributed by atoms with Crippen LogP contribution >= 0.6 is 0 Å². The van der Waals surface area contributed by atoms with E-state index in [0.717, 1.165) is 6.07 Å². The number of carbonyl (C=O) groups is 2. The van der Waals surface area contributed by atoms with E-state index in [0.29, 0.717) is 4.90 Å². The molecule has 0 bridgehead atoms. The predicted molar refractivity (Wildman–Crippen MR) is 72.8 cm³/mol. The first-order valence-corrected chi connectivity index (χ1v) is 7.11. The zero-order chi connectivity index (χ0) is 19.0. The standard InChI is InChI=1S/C15H13F6NO3/c16-14(17,18)13(15(19,20)21)4-5-22(8-13)11(23)7-9-2-1-3-10(6-9)12(24)25/h1-3,6H,4-5,7-8H2,(H,24,25). The van der Waals surface area contributed by atoms with Gasteiger partial charge in [0.2, 0.25) is 5.91 Å². The lowest BCUT2D eigenvalue weighted by atomic mass is 9.85. The lowest BCUT2D eigenvalue weighted by Crippen LogP contribution is -2.52. The highest BCUT2D eigenvalue weighted by Crippen LogP contribution is 2.55. The van der Waals surface area contributed by atoms with Gasteiger partial charge in [-0.3, -0.25) is 4.79 Å². The molecule has 0 saturated carbocycles. The topological polar surface area (TPSA) is 57.6 Å². The Balaban J connectivity index is 2.17. The summed E-state index contributed by atoms with van der Waals surface area (Å²) in [6.07, 6.45) is -12.8. The minimum Gasteiger partial charge on any atom is -0.478 e. The minimum atomic E-state index is -5.52. The summed E-state index contributed by atoms with van der Waals surface area (Å²) in [6, 6.07) is 5.12. The molecule has 0 aromatic heterocycles. The highest BCUT2D eigenvalue weighted by Gasteiger charge is 2.72. The molecule has 1 aromatic carbocycles. The van der Waals surface area contributed by atoms with Gasteiger partial charge < -0.3 is 10.0 Å². The van der Waals surface area contributed by atoms with Gasteiger partial charge in [0.25, 0.3) is 0 Å². The molecule has 0 unspecified atom stereocenters. The van der Waals surface area contributed by atoms with Gasteiger partial charge in [0.15, 0.2) is 5.41 Å². The normalized spacial score (nSPS) is 17.6. The second kappa shape index (κ2) is 6.23. The van der Waals surface area contributed by atoms with E-state index in [1.165, 1.54) is 18.2 Å². The van der Waals surface area contributed by atoms with Gasteiger partial charge in [0.05, 0.1) is 12.0 Å². The van der Waals surface area contributed by atoms with Gasteiger partial charge in [0.1, 0.15) is 0 Å². The molecule has 1 aromatic rings. The van der Waals surface area contributed by atoms with Crippen molar-refractivity contribution in [3.8, 4) is 0 Å². The van der Waals surface area contributed by atoms with E-state index >= 15 is 0 Å². The maximum absolute atomic E-state index is 13.0. The molecule has 0 radical (unpaired) electrons. The molecule has 1 aliphatic rings. The number of halogens is 6. The van der Waals surface area contributed by atoms with Crippen molar-refractivity contribution in [2.24, 2.45) is 5.41 Å². The number of rotatable bonds is 3. The largest absolute Gasteiger partial charge is 0.478 e. The number of nitrogens with zero attached hydrogens (tertiary/aromatic N) is 1. The van der Waals surface area contributed by atoms with Crippen LogP contribution in [0.3, 0.4) is 0 Å². The van der Waals surface area contributed by atoms with Crippen LogP contribution in [0, 0.1) is 5.41 Å². The Morgan fingerprint density at radius 1 is 1.12 bits per heavy atom. The van der Waals surface area contributed by atoms with Crippen molar-refractivity contribution in [3.05, 3.63) is 35.4 Å². The molecular formula is C15H13F6NO3. The lowest BCUT2D eigenvalue weighted by molar-refractivity contribution is -0.334. The fraction of sp³-hybridized carbons (Fsp3) is 0.467. The fourth-order valence-electron chi connectivity index (χ4n) is 2.75. The van der Waals surface area contributed by atoms with Crippen LogP contribution < -0.4 is 0 Å². The van der Waals surface area contributed by atoms with Gasteiger partial charge in [-0.2, -0.15) is 26.3 Å². The Hall–Kier alpha value is -2.26. The third-order valence-electron chi connectivity index (χ3n) is 4.24. The Morgan fingerprint density at radius 3 is 2.20 bits per heavy atom. The summed E-state index contributed by atoms with van der Waals surface area (Å²) in [4.78, 5) is 23.5. The van der Waals surface area contributed by atoms with Crippen molar-refractivity contribution in [2.45, 2.75) is 25.2 Å². The molecule has 1 fully saturated rings. The van der Waals surface area contributed by atoms with Gasteiger partial charge in [-0.1, -0.05) is 12.1 Å². The fourth-order valence-corrected chi connectivity index (χ4v) is 2.75. The molecule has 1 N–H and O–H groups in total. The zero-order valence-electron chi connectivity index (χ0n) is 12.6. The first-order chi connectivity index (χ1) is 11.4. The number of hydrogen-bond donors (Lipinski definition) is 1. The molecular weight excluding hydrogens is 356 g/mol. The number of carboxylic acids is 1. The maximum Gasteiger partial charge on any atom is 0.404 e. The van der Waals surface area contributed by atoms with Crippen LogP contribution in [-0.4, -0.2) is 47.3 Å². The quantitative estimate of drug-likeness (QED) is 0.832. The molecule has 1 aliphatic heterocycles. The number of carbonyl (C=O) groups excluding carboxylic acids is 1.